The van der Waals surface area contributed by atoms with Gasteiger partial charge in [0.25, 0.3) is 0 Å². The highest BCUT2D eigenvalue weighted by molar-refractivity contribution is 6.31. The molecule has 0 saturated heterocycles. The smallest absolute Gasteiger partial charge is 0.189 e. The van der Waals surface area contributed by atoms with Gasteiger partial charge in [0.15, 0.2) is 5.78 Å². The molecular formula is C23H25ClN2O3. The molecule has 6 heteroatoms. The van der Waals surface area contributed by atoms with Crippen LogP contribution < -0.4 is 4.74 Å². The molecule has 1 unspecified atom stereocenters. The van der Waals surface area contributed by atoms with Crippen molar-refractivity contribution >= 4 is 17.4 Å². The van der Waals surface area contributed by atoms with E-state index in [0.29, 0.717) is 37.1 Å². The van der Waals surface area contributed by atoms with Crippen LogP contribution in [-0.4, -0.2) is 48.6 Å². The van der Waals surface area contributed by atoms with E-state index < -0.39 is 0 Å². The molecule has 29 heavy (non-hydrogen) atoms. The van der Waals surface area contributed by atoms with Crippen molar-refractivity contribution in [3.05, 3.63) is 90.2 Å². The van der Waals surface area contributed by atoms with Gasteiger partial charge in [-0.25, -0.2) is 0 Å². The highest BCUT2D eigenvalue weighted by Gasteiger charge is 2.22. The van der Waals surface area contributed by atoms with E-state index in [4.69, 9.17) is 21.1 Å². The third kappa shape index (κ3) is 6.38. The Morgan fingerprint density at radius 3 is 2.59 bits per heavy atom. The van der Waals surface area contributed by atoms with Gasteiger partial charge in [-0.3, -0.25) is 4.79 Å². The van der Waals surface area contributed by atoms with Crippen molar-refractivity contribution in [2.45, 2.75) is 6.10 Å². The van der Waals surface area contributed by atoms with Gasteiger partial charge < -0.3 is 19.3 Å². The highest BCUT2D eigenvalue weighted by Crippen LogP contribution is 2.27. The van der Waals surface area contributed by atoms with Crippen LogP contribution in [0.25, 0.3) is 0 Å². The summed E-state index contributed by atoms with van der Waals surface area (Å²) in [6.07, 6.45) is 5.41. The molecule has 1 aliphatic heterocycles. The lowest BCUT2D eigenvalue weighted by Gasteiger charge is -2.26. The first-order chi connectivity index (χ1) is 14.2. The molecule has 2 aromatic carbocycles. The minimum Gasteiger partial charge on any atom is -0.486 e. The summed E-state index contributed by atoms with van der Waals surface area (Å²) < 4.78 is 11.5. The van der Waals surface area contributed by atoms with Crippen LogP contribution >= 0.6 is 11.6 Å². The predicted octanol–water partition coefficient (Wildman–Crippen LogP) is 4.28. The highest BCUT2D eigenvalue weighted by atomic mass is 35.5. The molecule has 0 spiro atoms. The molecule has 0 aliphatic carbocycles. The van der Waals surface area contributed by atoms with E-state index in [1.165, 1.54) is 0 Å². The molecule has 0 N–H and O–H groups in total. The van der Waals surface area contributed by atoms with Crippen molar-refractivity contribution < 1.29 is 14.3 Å². The number of carbonyl (C=O) groups excluding carboxylic acids is 1. The molecule has 0 aromatic heterocycles. The fourth-order valence-corrected chi connectivity index (χ4v) is 3.32. The first-order valence-corrected chi connectivity index (χ1v) is 9.86. The van der Waals surface area contributed by atoms with Crippen molar-refractivity contribution in [3.8, 4) is 5.75 Å². The van der Waals surface area contributed by atoms with E-state index in [1.54, 1.807) is 6.08 Å². The maximum atomic E-state index is 12.2. The SMILES string of the molecule is C=CCOC(CN1C=CN(CC(=O)COc2ccccc2)C1)c1ccccc1Cl. The summed E-state index contributed by atoms with van der Waals surface area (Å²) in [6, 6.07) is 17.0. The van der Waals surface area contributed by atoms with E-state index in [-0.39, 0.29) is 18.5 Å². The zero-order chi connectivity index (χ0) is 20.5. The Kier molecular flexibility index (Phi) is 7.73. The average Bonchev–Trinajstić information content (AvgIpc) is 3.17. The van der Waals surface area contributed by atoms with Crippen molar-refractivity contribution in [2.24, 2.45) is 0 Å². The largest absolute Gasteiger partial charge is 0.486 e. The van der Waals surface area contributed by atoms with Crippen LogP contribution in [0.3, 0.4) is 0 Å². The Hall–Kier alpha value is -2.76. The summed E-state index contributed by atoms with van der Waals surface area (Å²) in [5.74, 6) is 0.715. The van der Waals surface area contributed by atoms with E-state index in [0.717, 1.165) is 5.56 Å². The van der Waals surface area contributed by atoms with Gasteiger partial charge in [0, 0.05) is 29.5 Å². The number of rotatable bonds is 11. The Morgan fingerprint density at radius 1 is 1.10 bits per heavy atom. The van der Waals surface area contributed by atoms with Crippen LogP contribution in [0.5, 0.6) is 5.75 Å². The van der Waals surface area contributed by atoms with Crippen molar-refractivity contribution in [3.63, 3.8) is 0 Å². The lowest BCUT2D eigenvalue weighted by atomic mass is 10.1. The van der Waals surface area contributed by atoms with Crippen molar-refractivity contribution in [1.29, 1.82) is 0 Å². The Balaban J connectivity index is 1.50. The van der Waals surface area contributed by atoms with Gasteiger partial charge in [0.1, 0.15) is 18.5 Å². The fourth-order valence-electron chi connectivity index (χ4n) is 3.06. The van der Waals surface area contributed by atoms with Gasteiger partial charge >= 0.3 is 0 Å². The van der Waals surface area contributed by atoms with Crippen LogP contribution in [0.2, 0.25) is 5.02 Å². The van der Waals surface area contributed by atoms with Crippen LogP contribution in [-0.2, 0) is 9.53 Å². The number of benzene rings is 2. The average molecular weight is 413 g/mol. The summed E-state index contributed by atoms with van der Waals surface area (Å²) >= 11 is 6.35. The molecule has 1 heterocycles. The Bertz CT molecular complexity index is 841. The minimum atomic E-state index is -0.191. The van der Waals surface area contributed by atoms with Gasteiger partial charge in [-0.15, -0.1) is 6.58 Å². The second kappa shape index (κ2) is 10.7. The Morgan fingerprint density at radius 2 is 1.83 bits per heavy atom. The minimum absolute atomic E-state index is 0.0194. The lowest BCUT2D eigenvalue weighted by Crippen LogP contribution is -2.33. The number of hydrogen-bond donors (Lipinski definition) is 0. The van der Waals surface area contributed by atoms with Gasteiger partial charge in [0.05, 0.1) is 19.8 Å². The number of hydrogen-bond acceptors (Lipinski definition) is 5. The van der Waals surface area contributed by atoms with Crippen LogP contribution in [0, 0.1) is 0 Å². The molecule has 0 radical (unpaired) electrons. The van der Waals surface area contributed by atoms with Crippen LogP contribution in [0.15, 0.2) is 79.7 Å². The fraction of sp³-hybridized carbons (Fsp3) is 0.261. The van der Waals surface area contributed by atoms with Gasteiger partial charge in [-0.05, 0) is 18.2 Å². The first kappa shape index (κ1) is 21.0. The molecular weight excluding hydrogens is 388 g/mol. The number of carbonyl (C=O) groups is 1. The number of ketones is 1. The summed E-state index contributed by atoms with van der Waals surface area (Å²) in [7, 11) is 0. The maximum absolute atomic E-state index is 12.2. The van der Waals surface area contributed by atoms with Gasteiger partial charge in [-0.2, -0.15) is 0 Å². The zero-order valence-corrected chi connectivity index (χ0v) is 17.0. The first-order valence-electron chi connectivity index (χ1n) is 9.48. The molecule has 0 amide bonds. The van der Waals surface area contributed by atoms with E-state index in [9.17, 15) is 4.79 Å². The lowest BCUT2D eigenvalue weighted by molar-refractivity contribution is -0.121. The Labute approximate surface area is 176 Å². The number of Topliss-reactive ketones (excluding diaryl/α,β-unsaturated/α-hetero) is 1. The van der Waals surface area contributed by atoms with E-state index >= 15 is 0 Å². The monoisotopic (exact) mass is 412 g/mol. The number of para-hydroxylation sites is 1. The summed E-state index contributed by atoms with van der Waals surface area (Å²) in [5.41, 5.74) is 0.940. The molecule has 3 rings (SSSR count). The summed E-state index contributed by atoms with van der Waals surface area (Å²) in [5, 5.41) is 0.676. The summed E-state index contributed by atoms with van der Waals surface area (Å²) in [6.45, 7) is 5.74. The van der Waals surface area contributed by atoms with E-state index in [2.05, 4.69) is 11.5 Å². The number of ether oxygens (including phenoxy) is 2. The van der Waals surface area contributed by atoms with Crippen LogP contribution in [0.1, 0.15) is 11.7 Å². The maximum Gasteiger partial charge on any atom is 0.189 e. The standard InChI is InChI=1S/C23H25ClN2O3/c1-2-14-28-23(21-10-6-7-11-22(21)24)16-26-13-12-25(18-26)15-19(27)17-29-20-8-4-3-5-9-20/h2-13,23H,1,14-18H2. The summed E-state index contributed by atoms with van der Waals surface area (Å²) in [4.78, 5) is 16.3. The molecule has 0 bridgehead atoms. The molecule has 1 aliphatic rings. The quantitative estimate of drug-likeness (QED) is 0.515. The molecule has 1 atom stereocenters. The van der Waals surface area contributed by atoms with E-state index in [1.807, 2.05) is 71.9 Å². The van der Waals surface area contributed by atoms with Crippen LogP contribution in [0.4, 0.5) is 0 Å². The normalized spacial score (nSPS) is 14.1. The predicted molar refractivity (Wildman–Crippen MR) is 115 cm³/mol. The third-order valence-electron chi connectivity index (χ3n) is 4.44. The molecule has 2 aromatic rings. The van der Waals surface area contributed by atoms with Gasteiger partial charge in [-0.1, -0.05) is 54.1 Å². The topological polar surface area (TPSA) is 42.0 Å². The zero-order valence-electron chi connectivity index (χ0n) is 16.2. The van der Waals surface area contributed by atoms with Crippen molar-refractivity contribution in [1.82, 2.24) is 9.80 Å². The second-order valence-electron chi connectivity index (χ2n) is 6.73. The molecule has 0 saturated carbocycles. The third-order valence-corrected chi connectivity index (χ3v) is 4.79. The molecule has 152 valence electrons. The molecule has 5 nitrogen and oxygen atoms in total. The second-order valence-corrected chi connectivity index (χ2v) is 7.14. The number of halogens is 1. The van der Waals surface area contributed by atoms with Crippen molar-refractivity contribution in [2.75, 3.05) is 33.0 Å². The van der Waals surface area contributed by atoms with Gasteiger partial charge in [0.2, 0.25) is 0 Å². The number of nitrogens with zero attached hydrogens (tertiary/aromatic N) is 2. The molecule has 0 fully saturated rings.